The van der Waals surface area contributed by atoms with Gasteiger partial charge >= 0.3 is 0 Å². The molecule has 1 aromatic carbocycles. The van der Waals surface area contributed by atoms with Crippen molar-refractivity contribution in [2.45, 2.75) is 13.0 Å². The number of oxazole rings is 1. The Hall–Kier alpha value is -2.48. The molecule has 0 spiro atoms. The Labute approximate surface area is 161 Å². The van der Waals surface area contributed by atoms with Crippen LogP contribution < -0.4 is 5.32 Å². The fourth-order valence-electron chi connectivity index (χ4n) is 3.20. The van der Waals surface area contributed by atoms with Crippen molar-refractivity contribution in [2.24, 2.45) is 0 Å². The average molecular weight is 383 g/mol. The molecule has 0 saturated carbocycles. The van der Waals surface area contributed by atoms with Gasteiger partial charge in [-0.2, -0.15) is 0 Å². The topological polar surface area (TPSA) is 67.6 Å². The van der Waals surface area contributed by atoms with Crippen LogP contribution in [0.3, 0.4) is 0 Å². The first-order valence-corrected chi connectivity index (χ1v) is 9.81. The van der Waals surface area contributed by atoms with Crippen molar-refractivity contribution < 1.29 is 13.9 Å². The molecule has 7 heteroatoms. The third-order valence-electron chi connectivity index (χ3n) is 4.77. The summed E-state index contributed by atoms with van der Waals surface area (Å²) in [4.78, 5) is 20.0. The van der Waals surface area contributed by atoms with Gasteiger partial charge in [0.2, 0.25) is 0 Å². The molecule has 1 N–H and O–H groups in total. The van der Waals surface area contributed by atoms with Gasteiger partial charge in [0.05, 0.1) is 18.1 Å². The van der Waals surface area contributed by atoms with Crippen LogP contribution in [0.2, 0.25) is 0 Å². The van der Waals surface area contributed by atoms with Crippen LogP contribution >= 0.6 is 11.3 Å². The SMILES string of the molecule is C[C@@H](c1ccc(NC(=O)c2ncoc2-c2cccs2)cc1)N1CCOCC1. The van der Waals surface area contributed by atoms with E-state index in [0.717, 1.165) is 36.9 Å². The van der Waals surface area contributed by atoms with Crippen molar-refractivity contribution >= 4 is 22.9 Å². The summed E-state index contributed by atoms with van der Waals surface area (Å²) in [5, 5.41) is 4.84. The van der Waals surface area contributed by atoms with Crippen molar-refractivity contribution in [1.82, 2.24) is 9.88 Å². The molecule has 1 amide bonds. The van der Waals surface area contributed by atoms with E-state index < -0.39 is 0 Å². The molecule has 3 heterocycles. The van der Waals surface area contributed by atoms with Gasteiger partial charge in [-0.3, -0.25) is 9.69 Å². The van der Waals surface area contributed by atoms with Gasteiger partial charge in [-0.1, -0.05) is 18.2 Å². The summed E-state index contributed by atoms with van der Waals surface area (Å²) in [6, 6.07) is 12.1. The second-order valence-electron chi connectivity index (χ2n) is 6.41. The van der Waals surface area contributed by atoms with Gasteiger partial charge in [-0.15, -0.1) is 11.3 Å². The minimum absolute atomic E-state index is 0.277. The number of ether oxygens (including phenoxy) is 1. The minimum atomic E-state index is -0.277. The molecule has 27 heavy (non-hydrogen) atoms. The lowest BCUT2D eigenvalue weighted by Gasteiger charge is -2.32. The number of thiophene rings is 1. The number of benzene rings is 1. The van der Waals surface area contributed by atoms with Gasteiger partial charge in [0.15, 0.2) is 17.8 Å². The Balaban J connectivity index is 1.44. The van der Waals surface area contributed by atoms with Gasteiger partial charge in [-0.25, -0.2) is 4.98 Å². The highest BCUT2D eigenvalue weighted by atomic mass is 32.1. The maximum Gasteiger partial charge on any atom is 0.278 e. The van der Waals surface area contributed by atoms with Crippen LogP contribution in [0, 0.1) is 0 Å². The predicted octanol–water partition coefficient (Wildman–Crippen LogP) is 4.05. The second kappa shape index (κ2) is 8.04. The molecule has 1 fully saturated rings. The molecule has 1 aliphatic heterocycles. The van der Waals surface area contributed by atoms with Crippen molar-refractivity contribution in [3.8, 4) is 10.6 Å². The highest BCUT2D eigenvalue weighted by Crippen LogP contribution is 2.28. The number of aromatic nitrogens is 1. The number of carbonyl (C=O) groups excluding carboxylic acids is 1. The van der Waals surface area contributed by atoms with Crippen LogP contribution in [-0.2, 0) is 4.74 Å². The first-order valence-electron chi connectivity index (χ1n) is 8.93. The first-order chi connectivity index (χ1) is 13.2. The standard InChI is InChI=1S/C20H21N3O3S/c1-14(23-8-10-25-11-9-23)15-4-6-16(7-5-15)22-20(24)18-19(26-13-21-18)17-3-2-12-27-17/h2-7,12-14H,8-11H2,1H3,(H,22,24)/t14-/m0/s1. The van der Waals surface area contributed by atoms with E-state index in [1.807, 2.05) is 29.6 Å². The van der Waals surface area contributed by atoms with E-state index in [0.29, 0.717) is 17.5 Å². The van der Waals surface area contributed by atoms with Gasteiger partial charge < -0.3 is 14.5 Å². The summed E-state index contributed by atoms with van der Waals surface area (Å²) in [6.45, 7) is 5.64. The number of anilines is 1. The number of nitrogens with zero attached hydrogens (tertiary/aromatic N) is 2. The van der Waals surface area contributed by atoms with E-state index in [1.165, 1.54) is 23.3 Å². The summed E-state index contributed by atoms with van der Waals surface area (Å²) in [6.07, 6.45) is 1.30. The van der Waals surface area contributed by atoms with Crippen molar-refractivity contribution in [3.05, 3.63) is 59.4 Å². The average Bonchev–Trinajstić information content (AvgIpc) is 3.40. The Morgan fingerprint density at radius 3 is 2.70 bits per heavy atom. The van der Waals surface area contributed by atoms with E-state index in [-0.39, 0.29) is 5.91 Å². The van der Waals surface area contributed by atoms with Crippen LogP contribution in [0.4, 0.5) is 5.69 Å². The fourth-order valence-corrected chi connectivity index (χ4v) is 3.91. The summed E-state index contributed by atoms with van der Waals surface area (Å²) in [7, 11) is 0. The predicted molar refractivity (Wildman–Crippen MR) is 105 cm³/mol. The lowest BCUT2D eigenvalue weighted by Crippen LogP contribution is -2.37. The molecule has 1 atom stereocenters. The lowest BCUT2D eigenvalue weighted by molar-refractivity contribution is 0.0198. The molecule has 0 radical (unpaired) electrons. The zero-order valence-corrected chi connectivity index (χ0v) is 15.9. The Kier molecular flexibility index (Phi) is 5.33. The van der Waals surface area contributed by atoms with Crippen LogP contribution in [-0.4, -0.2) is 42.1 Å². The number of carbonyl (C=O) groups is 1. The smallest absolute Gasteiger partial charge is 0.278 e. The molecule has 4 rings (SSSR count). The Morgan fingerprint density at radius 1 is 1.22 bits per heavy atom. The van der Waals surface area contributed by atoms with E-state index >= 15 is 0 Å². The van der Waals surface area contributed by atoms with Gasteiger partial charge in [-0.05, 0) is 36.1 Å². The highest BCUT2D eigenvalue weighted by molar-refractivity contribution is 7.13. The molecule has 3 aromatic rings. The summed E-state index contributed by atoms with van der Waals surface area (Å²) >= 11 is 1.51. The molecule has 2 aromatic heterocycles. The monoisotopic (exact) mass is 383 g/mol. The maximum absolute atomic E-state index is 12.6. The molecule has 0 unspecified atom stereocenters. The molecule has 1 aliphatic rings. The van der Waals surface area contributed by atoms with Crippen molar-refractivity contribution in [2.75, 3.05) is 31.6 Å². The summed E-state index contributed by atoms with van der Waals surface area (Å²) in [5.41, 5.74) is 2.25. The maximum atomic E-state index is 12.6. The van der Waals surface area contributed by atoms with Crippen LogP contribution in [0.15, 0.2) is 52.6 Å². The number of rotatable bonds is 5. The van der Waals surface area contributed by atoms with Crippen LogP contribution in [0.1, 0.15) is 29.0 Å². The van der Waals surface area contributed by atoms with E-state index in [2.05, 4.69) is 34.3 Å². The lowest BCUT2D eigenvalue weighted by atomic mass is 10.1. The zero-order chi connectivity index (χ0) is 18.6. The van der Waals surface area contributed by atoms with E-state index in [1.54, 1.807) is 0 Å². The Morgan fingerprint density at radius 2 is 2.00 bits per heavy atom. The van der Waals surface area contributed by atoms with E-state index in [4.69, 9.17) is 9.15 Å². The van der Waals surface area contributed by atoms with Crippen LogP contribution in [0.25, 0.3) is 10.6 Å². The Bertz CT molecular complexity index is 884. The van der Waals surface area contributed by atoms with Gasteiger partial charge in [0, 0.05) is 24.8 Å². The fraction of sp³-hybridized carbons (Fsp3) is 0.300. The summed E-state index contributed by atoms with van der Waals surface area (Å²) in [5.74, 6) is 0.223. The van der Waals surface area contributed by atoms with Gasteiger partial charge in [0.1, 0.15) is 0 Å². The molecular weight excluding hydrogens is 362 g/mol. The van der Waals surface area contributed by atoms with Crippen molar-refractivity contribution in [1.29, 1.82) is 0 Å². The molecule has 140 valence electrons. The molecular formula is C20H21N3O3S. The van der Waals surface area contributed by atoms with Gasteiger partial charge in [0.25, 0.3) is 5.91 Å². The number of nitrogens with one attached hydrogen (secondary N) is 1. The zero-order valence-electron chi connectivity index (χ0n) is 15.1. The van der Waals surface area contributed by atoms with E-state index in [9.17, 15) is 4.79 Å². The summed E-state index contributed by atoms with van der Waals surface area (Å²) < 4.78 is 10.8. The number of hydrogen-bond acceptors (Lipinski definition) is 6. The molecule has 1 saturated heterocycles. The number of hydrogen-bond donors (Lipinski definition) is 1. The first kappa shape index (κ1) is 17.9. The van der Waals surface area contributed by atoms with Crippen molar-refractivity contribution in [3.63, 3.8) is 0 Å². The highest BCUT2D eigenvalue weighted by Gasteiger charge is 2.20. The second-order valence-corrected chi connectivity index (χ2v) is 7.36. The third kappa shape index (κ3) is 3.95. The quantitative estimate of drug-likeness (QED) is 0.720. The molecule has 6 nitrogen and oxygen atoms in total. The minimum Gasteiger partial charge on any atom is -0.442 e. The number of morpholine rings is 1. The molecule has 0 bridgehead atoms. The molecule has 0 aliphatic carbocycles. The normalized spacial score (nSPS) is 16.2. The third-order valence-corrected chi connectivity index (χ3v) is 5.64. The van der Waals surface area contributed by atoms with Crippen LogP contribution in [0.5, 0.6) is 0 Å². The number of amides is 1. The largest absolute Gasteiger partial charge is 0.442 e.